The van der Waals surface area contributed by atoms with E-state index in [1.54, 1.807) is 12.1 Å². The van der Waals surface area contributed by atoms with E-state index >= 15 is 0 Å². The summed E-state index contributed by atoms with van der Waals surface area (Å²) in [5, 5.41) is 15.2. The molecule has 0 spiro atoms. The number of rotatable bonds is 7. The molecule has 1 atom stereocenters. The fourth-order valence-electron chi connectivity index (χ4n) is 3.95. The van der Waals surface area contributed by atoms with Crippen molar-refractivity contribution in [2.24, 2.45) is 0 Å². The fraction of sp³-hybridized carbons (Fsp3) is 0.200. The van der Waals surface area contributed by atoms with Gasteiger partial charge in [0.05, 0.1) is 16.7 Å². The molecule has 0 aliphatic carbocycles. The first-order valence-electron chi connectivity index (χ1n) is 10.5. The van der Waals surface area contributed by atoms with Crippen molar-refractivity contribution in [1.82, 2.24) is 0 Å². The third-order valence-corrected chi connectivity index (χ3v) is 5.53. The molecule has 3 aromatic carbocycles. The van der Waals surface area contributed by atoms with Gasteiger partial charge in [0.2, 0.25) is 11.8 Å². The second kappa shape index (κ2) is 9.43. The third-order valence-electron chi connectivity index (χ3n) is 5.53. The molecule has 0 aromatic heterocycles. The summed E-state index contributed by atoms with van der Waals surface area (Å²) >= 11 is 0. The van der Waals surface area contributed by atoms with E-state index in [-0.39, 0.29) is 42.1 Å². The molecule has 7 heteroatoms. The molecule has 162 valence electrons. The molecule has 1 unspecified atom stereocenters. The molecule has 3 aromatic rings. The highest BCUT2D eigenvalue weighted by atomic mass is 16.6. The van der Waals surface area contributed by atoms with Crippen molar-refractivity contribution >= 4 is 28.9 Å². The van der Waals surface area contributed by atoms with E-state index in [9.17, 15) is 19.7 Å². The van der Waals surface area contributed by atoms with E-state index < -0.39 is 4.92 Å². The van der Waals surface area contributed by atoms with Gasteiger partial charge in [-0.1, -0.05) is 60.7 Å². The number of piperidine rings is 1. The number of nitrogens with one attached hydrogen (secondary N) is 1. The molecule has 1 fully saturated rings. The lowest BCUT2D eigenvalue weighted by molar-refractivity contribution is -0.383. The van der Waals surface area contributed by atoms with Crippen molar-refractivity contribution in [3.05, 3.63) is 100 Å². The van der Waals surface area contributed by atoms with Crippen LogP contribution in [0.4, 0.5) is 17.1 Å². The Kier molecular flexibility index (Phi) is 6.26. The number of hydrogen-bond acceptors (Lipinski definition) is 5. The highest BCUT2D eigenvalue weighted by Gasteiger charge is 2.29. The number of hydrogen-bond donors (Lipinski definition) is 1. The van der Waals surface area contributed by atoms with Gasteiger partial charge in [-0.05, 0) is 36.1 Å². The van der Waals surface area contributed by atoms with Gasteiger partial charge in [0.25, 0.3) is 5.69 Å². The number of nitrogens with zero attached hydrogens (tertiary/aromatic N) is 2. The normalized spacial score (nSPS) is 14.8. The van der Waals surface area contributed by atoms with Gasteiger partial charge in [-0.25, -0.2) is 0 Å². The van der Waals surface area contributed by atoms with Crippen LogP contribution in [-0.4, -0.2) is 16.7 Å². The first-order chi connectivity index (χ1) is 15.5. The quantitative estimate of drug-likeness (QED) is 0.323. The molecule has 0 bridgehead atoms. The van der Waals surface area contributed by atoms with Crippen molar-refractivity contribution in [2.45, 2.75) is 31.7 Å². The number of anilines is 2. The maximum absolute atomic E-state index is 12.3. The lowest BCUT2D eigenvalue weighted by atomic mass is 9.98. The van der Waals surface area contributed by atoms with Crippen molar-refractivity contribution < 1.29 is 14.5 Å². The van der Waals surface area contributed by atoms with Crippen LogP contribution < -0.4 is 10.2 Å². The molecule has 0 radical (unpaired) electrons. The molecule has 4 rings (SSSR count). The van der Waals surface area contributed by atoms with Gasteiger partial charge < -0.3 is 5.32 Å². The Balaban J connectivity index is 1.68. The van der Waals surface area contributed by atoms with E-state index in [0.717, 1.165) is 16.0 Å². The van der Waals surface area contributed by atoms with Crippen molar-refractivity contribution in [1.29, 1.82) is 0 Å². The largest absolute Gasteiger partial charge is 0.372 e. The highest BCUT2D eigenvalue weighted by Crippen LogP contribution is 2.34. The summed E-state index contributed by atoms with van der Waals surface area (Å²) in [6.45, 7) is 0. The molecule has 1 N–H and O–H groups in total. The molecule has 2 amide bonds. The van der Waals surface area contributed by atoms with E-state index in [0.29, 0.717) is 18.5 Å². The van der Waals surface area contributed by atoms with E-state index in [4.69, 9.17) is 0 Å². The SMILES string of the molecule is O=C1CCCC(=O)N1c1ccc(NC(Cc2ccccc2)c2ccccc2)c([N+](=O)[O-])c1. The first kappa shape index (κ1) is 21.2. The van der Waals surface area contributed by atoms with Gasteiger partial charge in [-0.3, -0.25) is 24.6 Å². The Hall–Kier alpha value is -4.00. The van der Waals surface area contributed by atoms with E-state index in [1.165, 1.54) is 6.07 Å². The van der Waals surface area contributed by atoms with Gasteiger partial charge in [-0.2, -0.15) is 0 Å². The van der Waals surface area contributed by atoms with Crippen LogP contribution in [0, 0.1) is 10.1 Å². The summed E-state index contributed by atoms with van der Waals surface area (Å²) in [4.78, 5) is 37.0. The van der Waals surface area contributed by atoms with Crippen LogP contribution in [0.5, 0.6) is 0 Å². The maximum Gasteiger partial charge on any atom is 0.294 e. The zero-order valence-corrected chi connectivity index (χ0v) is 17.4. The Bertz CT molecular complexity index is 1120. The zero-order valence-electron chi connectivity index (χ0n) is 17.4. The number of carbonyl (C=O) groups excluding carboxylic acids is 2. The summed E-state index contributed by atoms with van der Waals surface area (Å²) in [5.74, 6) is -0.662. The maximum atomic E-state index is 12.3. The molecule has 0 saturated carbocycles. The average molecular weight is 429 g/mol. The second-order valence-corrected chi connectivity index (χ2v) is 7.73. The summed E-state index contributed by atoms with van der Waals surface area (Å²) in [6, 6.07) is 23.9. The van der Waals surface area contributed by atoms with Gasteiger partial charge in [-0.15, -0.1) is 0 Å². The Morgan fingerprint density at radius 3 is 2.16 bits per heavy atom. The summed E-state index contributed by atoms with van der Waals surface area (Å²) < 4.78 is 0. The summed E-state index contributed by atoms with van der Waals surface area (Å²) in [5.41, 5.74) is 2.48. The van der Waals surface area contributed by atoms with Crippen LogP contribution in [0.2, 0.25) is 0 Å². The minimum absolute atomic E-state index is 0.178. The molecule has 1 aliphatic heterocycles. The third kappa shape index (κ3) is 4.67. The number of benzene rings is 3. The standard InChI is InChI=1S/C25H23N3O4/c29-24-12-7-13-25(30)27(24)20-14-15-21(23(17-20)28(31)32)26-22(19-10-5-2-6-11-19)16-18-8-3-1-4-9-18/h1-6,8-11,14-15,17,22,26H,7,12-13,16H2. The Labute approximate surface area is 185 Å². The molecular weight excluding hydrogens is 406 g/mol. The van der Waals surface area contributed by atoms with Crippen molar-refractivity contribution in [3.8, 4) is 0 Å². The predicted octanol–water partition coefficient (Wildman–Crippen LogP) is 5.03. The van der Waals surface area contributed by atoms with Crippen LogP contribution in [0.1, 0.15) is 36.4 Å². The van der Waals surface area contributed by atoms with Crippen LogP contribution in [-0.2, 0) is 16.0 Å². The van der Waals surface area contributed by atoms with Gasteiger partial charge in [0.1, 0.15) is 5.69 Å². The van der Waals surface area contributed by atoms with Gasteiger partial charge in [0.15, 0.2) is 0 Å². The average Bonchev–Trinajstić information content (AvgIpc) is 2.80. The lowest BCUT2D eigenvalue weighted by Gasteiger charge is -2.25. The predicted molar refractivity (Wildman–Crippen MR) is 122 cm³/mol. The topological polar surface area (TPSA) is 92.6 Å². The van der Waals surface area contributed by atoms with Crippen LogP contribution in [0.25, 0.3) is 0 Å². The Morgan fingerprint density at radius 1 is 0.906 bits per heavy atom. The molecular formula is C25H23N3O4. The number of amides is 2. The number of nitro benzene ring substituents is 1. The minimum Gasteiger partial charge on any atom is -0.372 e. The summed E-state index contributed by atoms with van der Waals surface area (Å²) in [6.07, 6.45) is 1.65. The fourth-order valence-corrected chi connectivity index (χ4v) is 3.95. The minimum atomic E-state index is -0.491. The van der Waals surface area contributed by atoms with Gasteiger partial charge >= 0.3 is 0 Å². The van der Waals surface area contributed by atoms with E-state index in [2.05, 4.69) is 5.32 Å². The lowest BCUT2D eigenvalue weighted by Crippen LogP contribution is -2.40. The zero-order chi connectivity index (χ0) is 22.5. The van der Waals surface area contributed by atoms with Crippen LogP contribution in [0.15, 0.2) is 78.9 Å². The Morgan fingerprint density at radius 2 is 1.53 bits per heavy atom. The number of nitro groups is 1. The van der Waals surface area contributed by atoms with Crippen LogP contribution >= 0.6 is 0 Å². The smallest absolute Gasteiger partial charge is 0.294 e. The van der Waals surface area contributed by atoms with Crippen molar-refractivity contribution in [2.75, 3.05) is 10.2 Å². The number of carbonyl (C=O) groups is 2. The number of imide groups is 1. The molecule has 7 nitrogen and oxygen atoms in total. The second-order valence-electron chi connectivity index (χ2n) is 7.73. The molecule has 1 heterocycles. The molecule has 1 saturated heterocycles. The van der Waals surface area contributed by atoms with Gasteiger partial charge in [0, 0.05) is 18.9 Å². The van der Waals surface area contributed by atoms with E-state index in [1.807, 2.05) is 60.7 Å². The molecule has 32 heavy (non-hydrogen) atoms. The summed E-state index contributed by atoms with van der Waals surface area (Å²) in [7, 11) is 0. The first-order valence-corrected chi connectivity index (χ1v) is 10.5. The van der Waals surface area contributed by atoms with Crippen LogP contribution in [0.3, 0.4) is 0 Å². The molecule has 1 aliphatic rings. The highest BCUT2D eigenvalue weighted by molar-refractivity contribution is 6.16. The monoisotopic (exact) mass is 429 g/mol. The van der Waals surface area contributed by atoms with Crippen molar-refractivity contribution in [3.63, 3.8) is 0 Å².